The van der Waals surface area contributed by atoms with Crippen molar-refractivity contribution in [3.05, 3.63) is 42.0 Å². The topological polar surface area (TPSA) is 26.3 Å². The summed E-state index contributed by atoms with van der Waals surface area (Å²) in [4.78, 5) is 12.4. The number of benzene rings is 1. The second-order valence-corrected chi connectivity index (χ2v) is 7.52. The Kier molecular flexibility index (Phi) is 4.35. The Hall–Kier alpha value is -1.57. The Balaban J connectivity index is 1.97. The van der Waals surface area contributed by atoms with E-state index in [0.29, 0.717) is 23.5 Å². The predicted molar refractivity (Wildman–Crippen MR) is 93.9 cm³/mol. The highest BCUT2D eigenvalue weighted by atomic mass is 16.5. The molecule has 0 unspecified atom stereocenters. The first-order chi connectivity index (χ1) is 11.0. The fourth-order valence-electron chi connectivity index (χ4n) is 5.06. The lowest BCUT2D eigenvalue weighted by atomic mass is 9.53. The quantitative estimate of drug-likeness (QED) is 0.737. The van der Waals surface area contributed by atoms with Crippen LogP contribution in [-0.4, -0.2) is 12.9 Å². The third kappa shape index (κ3) is 2.62. The SMILES string of the molecule is C=CC[C@H]1[C@@H]2CCc3cc(OC)ccc3[C@H]2CC[C@@]1(C)C(C)=O. The van der Waals surface area contributed by atoms with Gasteiger partial charge in [0, 0.05) is 5.41 Å². The van der Waals surface area contributed by atoms with Crippen molar-refractivity contribution in [2.24, 2.45) is 17.3 Å². The summed E-state index contributed by atoms with van der Waals surface area (Å²) >= 11 is 0. The molecule has 2 nitrogen and oxygen atoms in total. The first kappa shape index (κ1) is 16.3. The number of hydrogen-bond acceptors (Lipinski definition) is 2. The molecule has 2 aliphatic rings. The number of carbonyl (C=O) groups is 1. The summed E-state index contributed by atoms with van der Waals surface area (Å²) in [5.41, 5.74) is 2.75. The van der Waals surface area contributed by atoms with Crippen LogP contribution in [0.1, 0.15) is 56.6 Å². The maximum absolute atomic E-state index is 12.4. The molecule has 0 N–H and O–H groups in total. The summed E-state index contributed by atoms with van der Waals surface area (Å²) in [5.74, 6) is 2.91. The van der Waals surface area contributed by atoms with E-state index in [0.717, 1.165) is 31.4 Å². The second-order valence-electron chi connectivity index (χ2n) is 7.52. The van der Waals surface area contributed by atoms with Crippen LogP contribution in [-0.2, 0) is 11.2 Å². The summed E-state index contributed by atoms with van der Waals surface area (Å²) in [5, 5.41) is 0. The van der Waals surface area contributed by atoms with E-state index in [9.17, 15) is 4.79 Å². The second kappa shape index (κ2) is 6.14. The number of fused-ring (bicyclic) bond motifs is 3. The number of ether oxygens (including phenoxy) is 1. The van der Waals surface area contributed by atoms with Crippen LogP contribution in [0.25, 0.3) is 0 Å². The first-order valence-electron chi connectivity index (χ1n) is 8.80. The molecular formula is C21H28O2. The highest BCUT2D eigenvalue weighted by Crippen LogP contribution is 2.56. The van der Waals surface area contributed by atoms with E-state index < -0.39 is 0 Å². The van der Waals surface area contributed by atoms with Crippen LogP contribution in [0.3, 0.4) is 0 Å². The van der Waals surface area contributed by atoms with E-state index in [2.05, 4.69) is 31.7 Å². The van der Waals surface area contributed by atoms with Crippen molar-refractivity contribution >= 4 is 5.78 Å². The van der Waals surface area contributed by atoms with Crippen LogP contribution >= 0.6 is 0 Å². The van der Waals surface area contributed by atoms with Crippen LogP contribution in [0.15, 0.2) is 30.9 Å². The third-order valence-electron chi connectivity index (χ3n) is 6.55. The average Bonchev–Trinajstić information content (AvgIpc) is 2.56. The third-order valence-corrected chi connectivity index (χ3v) is 6.55. The van der Waals surface area contributed by atoms with Gasteiger partial charge in [0.15, 0.2) is 0 Å². The molecule has 0 spiro atoms. The summed E-state index contributed by atoms with van der Waals surface area (Å²) in [6.45, 7) is 7.92. The molecule has 1 fully saturated rings. The number of hydrogen-bond donors (Lipinski definition) is 0. The molecule has 4 atom stereocenters. The standard InChI is InChI=1S/C21H28O2/c1-5-6-20-19-9-7-15-13-16(23-4)8-10-17(15)18(19)11-12-21(20,3)14(2)22/h5,8,10,13,18-20H,1,6-7,9,11-12H2,2-4H3/t18-,19-,20+,21+/m1/s1. The maximum atomic E-state index is 12.4. The van der Waals surface area contributed by atoms with Gasteiger partial charge in [0.25, 0.3) is 0 Å². The minimum atomic E-state index is -0.181. The molecule has 23 heavy (non-hydrogen) atoms. The van der Waals surface area contributed by atoms with Gasteiger partial charge >= 0.3 is 0 Å². The van der Waals surface area contributed by atoms with Gasteiger partial charge in [0.05, 0.1) is 7.11 Å². The summed E-state index contributed by atoms with van der Waals surface area (Å²) in [7, 11) is 1.73. The molecule has 0 aromatic heterocycles. The Morgan fingerprint density at radius 1 is 1.43 bits per heavy atom. The Morgan fingerprint density at radius 2 is 2.22 bits per heavy atom. The first-order valence-corrected chi connectivity index (χ1v) is 8.80. The number of methoxy groups -OCH3 is 1. The smallest absolute Gasteiger partial charge is 0.135 e. The minimum absolute atomic E-state index is 0.181. The molecule has 0 aliphatic heterocycles. The molecule has 3 rings (SSSR count). The average molecular weight is 312 g/mol. The van der Waals surface area contributed by atoms with Crippen LogP contribution in [0.4, 0.5) is 0 Å². The van der Waals surface area contributed by atoms with Crippen molar-refractivity contribution in [3.8, 4) is 5.75 Å². The number of allylic oxidation sites excluding steroid dienone is 1. The highest BCUT2D eigenvalue weighted by molar-refractivity contribution is 5.82. The molecule has 2 heteroatoms. The van der Waals surface area contributed by atoms with Gasteiger partial charge in [-0.05, 0) is 80.0 Å². The molecule has 2 aliphatic carbocycles. The molecular weight excluding hydrogens is 284 g/mol. The molecule has 0 bridgehead atoms. The van der Waals surface area contributed by atoms with Crippen molar-refractivity contribution < 1.29 is 9.53 Å². The predicted octanol–water partition coefficient (Wildman–Crippen LogP) is 4.92. The molecule has 1 saturated carbocycles. The summed E-state index contributed by atoms with van der Waals surface area (Å²) in [6, 6.07) is 6.54. The van der Waals surface area contributed by atoms with Crippen molar-refractivity contribution in [2.45, 2.75) is 51.9 Å². The Bertz CT molecular complexity index is 618. The van der Waals surface area contributed by atoms with E-state index in [-0.39, 0.29) is 5.41 Å². The van der Waals surface area contributed by atoms with Crippen molar-refractivity contribution in [2.75, 3.05) is 7.11 Å². The summed E-state index contributed by atoms with van der Waals surface area (Å²) in [6.07, 6.45) is 7.34. The zero-order chi connectivity index (χ0) is 16.6. The van der Waals surface area contributed by atoms with Crippen LogP contribution in [0, 0.1) is 17.3 Å². The number of aryl methyl sites for hydroxylation is 1. The van der Waals surface area contributed by atoms with Crippen LogP contribution in [0.2, 0.25) is 0 Å². The number of ketones is 1. The molecule has 0 amide bonds. The number of rotatable bonds is 4. The van der Waals surface area contributed by atoms with E-state index in [1.807, 2.05) is 6.08 Å². The molecule has 1 aromatic rings. The highest BCUT2D eigenvalue weighted by Gasteiger charge is 2.49. The Labute approximate surface area is 139 Å². The van der Waals surface area contributed by atoms with E-state index in [4.69, 9.17) is 4.74 Å². The zero-order valence-electron chi connectivity index (χ0n) is 14.6. The van der Waals surface area contributed by atoms with Gasteiger partial charge in [0.1, 0.15) is 11.5 Å². The van der Waals surface area contributed by atoms with Crippen LogP contribution in [0.5, 0.6) is 5.75 Å². The normalized spacial score (nSPS) is 32.6. The number of carbonyl (C=O) groups excluding carboxylic acids is 1. The zero-order valence-corrected chi connectivity index (χ0v) is 14.6. The van der Waals surface area contributed by atoms with Gasteiger partial charge in [-0.15, -0.1) is 6.58 Å². The molecule has 124 valence electrons. The lowest BCUT2D eigenvalue weighted by molar-refractivity contribution is -0.133. The van der Waals surface area contributed by atoms with E-state index in [1.54, 1.807) is 14.0 Å². The Morgan fingerprint density at radius 3 is 2.87 bits per heavy atom. The van der Waals surface area contributed by atoms with Crippen molar-refractivity contribution in [3.63, 3.8) is 0 Å². The monoisotopic (exact) mass is 312 g/mol. The van der Waals surface area contributed by atoms with Crippen molar-refractivity contribution in [1.29, 1.82) is 0 Å². The molecule has 1 aromatic carbocycles. The molecule has 0 radical (unpaired) electrons. The fraction of sp³-hybridized carbons (Fsp3) is 0.571. The maximum Gasteiger partial charge on any atom is 0.135 e. The largest absolute Gasteiger partial charge is 0.497 e. The van der Waals surface area contributed by atoms with Gasteiger partial charge in [-0.1, -0.05) is 19.1 Å². The molecule has 0 heterocycles. The number of Topliss-reactive ketones (excluding diaryl/α,β-unsaturated/α-hetero) is 1. The van der Waals surface area contributed by atoms with Gasteiger partial charge in [0.2, 0.25) is 0 Å². The fourth-order valence-corrected chi connectivity index (χ4v) is 5.06. The lowest BCUT2D eigenvalue weighted by Crippen LogP contribution is -2.46. The van der Waals surface area contributed by atoms with Gasteiger partial charge in [-0.3, -0.25) is 4.79 Å². The van der Waals surface area contributed by atoms with Crippen LogP contribution < -0.4 is 4.74 Å². The lowest BCUT2D eigenvalue weighted by Gasteiger charge is -2.51. The van der Waals surface area contributed by atoms with Gasteiger partial charge < -0.3 is 4.74 Å². The van der Waals surface area contributed by atoms with Gasteiger partial charge in [-0.25, -0.2) is 0 Å². The molecule has 0 saturated heterocycles. The minimum Gasteiger partial charge on any atom is -0.497 e. The van der Waals surface area contributed by atoms with Crippen molar-refractivity contribution in [1.82, 2.24) is 0 Å². The summed E-state index contributed by atoms with van der Waals surface area (Å²) < 4.78 is 5.38. The van der Waals surface area contributed by atoms with E-state index >= 15 is 0 Å². The van der Waals surface area contributed by atoms with E-state index in [1.165, 1.54) is 17.5 Å². The van der Waals surface area contributed by atoms with Gasteiger partial charge in [-0.2, -0.15) is 0 Å².